The molecule has 0 aliphatic carbocycles. The van der Waals surface area contributed by atoms with E-state index in [0.717, 1.165) is 19.5 Å². The van der Waals surface area contributed by atoms with Crippen molar-refractivity contribution >= 4 is 0 Å². The highest BCUT2D eigenvalue weighted by atomic mass is 19.1. The fraction of sp³-hybridized carbons (Fsp3) is 1.00. The van der Waals surface area contributed by atoms with Crippen LogP contribution in [0.15, 0.2) is 0 Å². The molecule has 0 aromatic carbocycles. The van der Waals surface area contributed by atoms with E-state index >= 15 is 0 Å². The fourth-order valence-corrected chi connectivity index (χ4v) is 0.846. The van der Waals surface area contributed by atoms with Gasteiger partial charge < -0.3 is 5.32 Å². The Morgan fingerprint density at radius 3 is 2.44 bits per heavy atom. The molecule has 1 unspecified atom stereocenters. The van der Waals surface area contributed by atoms with E-state index < -0.39 is 0 Å². The summed E-state index contributed by atoms with van der Waals surface area (Å²) in [6.45, 7) is 5.75. The molecular formula is C7H16FN. The third-order valence-electron chi connectivity index (χ3n) is 1.38. The zero-order chi connectivity index (χ0) is 7.11. The zero-order valence-electron chi connectivity index (χ0n) is 6.28. The van der Waals surface area contributed by atoms with Gasteiger partial charge in [-0.05, 0) is 13.0 Å². The van der Waals surface area contributed by atoms with Gasteiger partial charge in [0.15, 0.2) is 0 Å². The molecule has 0 bridgehead atoms. The van der Waals surface area contributed by atoms with Crippen LogP contribution < -0.4 is 5.32 Å². The minimum Gasteiger partial charge on any atom is -0.316 e. The SMILES string of the molecule is CC.FCC1CCNC1. The normalized spacial score (nSPS) is 25.0. The Bertz CT molecular complexity index is 50.9. The molecule has 9 heavy (non-hydrogen) atoms. The molecule has 0 saturated carbocycles. The van der Waals surface area contributed by atoms with Gasteiger partial charge in [-0.25, -0.2) is 0 Å². The first-order valence-electron chi connectivity index (χ1n) is 3.70. The quantitative estimate of drug-likeness (QED) is 0.572. The Morgan fingerprint density at radius 1 is 1.56 bits per heavy atom. The van der Waals surface area contributed by atoms with Crippen LogP contribution in [0.25, 0.3) is 0 Å². The Hall–Kier alpha value is -0.110. The first kappa shape index (κ1) is 8.89. The van der Waals surface area contributed by atoms with Crippen molar-refractivity contribution in [2.24, 2.45) is 5.92 Å². The maximum absolute atomic E-state index is 11.7. The molecule has 2 heteroatoms. The highest BCUT2D eigenvalue weighted by Crippen LogP contribution is 2.06. The summed E-state index contributed by atoms with van der Waals surface area (Å²) in [5.74, 6) is 0.319. The van der Waals surface area contributed by atoms with Crippen molar-refractivity contribution in [1.82, 2.24) is 5.32 Å². The van der Waals surface area contributed by atoms with E-state index in [2.05, 4.69) is 5.32 Å². The van der Waals surface area contributed by atoms with Crippen LogP contribution in [0, 0.1) is 5.92 Å². The fourth-order valence-electron chi connectivity index (χ4n) is 0.846. The topological polar surface area (TPSA) is 12.0 Å². The highest BCUT2D eigenvalue weighted by molar-refractivity contribution is 4.69. The van der Waals surface area contributed by atoms with E-state index in [1.807, 2.05) is 13.8 Å². The monoisotopic (exact) mass is 133 g/mol. The summed E-state index contributed by atoms with van der Waals surface area (Å²) in [5.41, 5.74) is 0. The number of halogens is 1. The largest absolute Gasteiger partial charge is 0.316 e. The van der Waals surface area contributed by atoms with Gasteiger partial charge in [0.05, 0.1) is 6.67 Å². The molecule has 1 aliphatic heterocycles. The van der Waals surface area contributed by atoms with Gasteiger partial charge in [0, 0.05) is 12.5 Å². The van der Waals surface area contributed by atoms with E-state index in [-0.39, 0.29) is 6.67 Å². The molecule has 0 radical (unpaired) electrons. The number of hydrogen-bond acceptors (Lipinski definition) is 1. The van der Waals surface area contributed by atoms with Crippen LogP contribution in [0.5, 0.6) is 0 Å². The van der Waals surface area contributed by atoms with Crippen molar-refractivity contribution in [3.8, 4) is 0 Å². The minimum absolute atomic E-state index is 0.146. The molecule has 56 valence electrons. The van der Waals surface area contributed by atoms with Gasteiger partial charge in [0.2, 0.25) is 0 Å². The molecule has 1 fully saturated rings. The van der Waals surface area contributed by atoms with Gasteiger partial charge in [-0.3, -0.25) is 4.39 Å². The summed E-state index contributed by atoms with van der Waals surface area (Å²) in [7, 11) is 0. The molecule has 1 nitrogen and oxygen atoms in total. The van der Waals surface area contributed by atoms with Crippen LogP contribution in [0.2, 0.25) is 0 Å². The molecule has 1 N–H and O–H groups in total. The summed E-state index contributed by atoms with van der Waals surface area (Å²) >= 11 is 0. The Kier molecular flexibility index (Phi) is 5.94. The summed E-state index contributed by atoms with van der Waals surface area (Å²) in [4.78, 5) is 0. The molecule has 0 aromatic rings. The number of rotatable bonds is 1. The summed E-state index contributed by atoms with van der Waals surface area (Å²) in [6, 6.07) is 0. The van der Waals surface area contributed by atoms with Crippen molar-refractivity contribution in [3.63, 3.8) is 0 Å². The molecule has 0 amide bonds. The van der Waals surface area contributed by atoms with Gasteiger partial charge in [-0.2, -0.15) is 0 Å². The van der Waals surface area contributed by atoms with E-state index in [9.17, 15) is 4.39 Å². The lowest BCUT2D eigenvalue weighted by Gasteiger charge is -1.95. The second-order valence-electron chi connectivity index (χ2n) is 2.01. The maximum atomic E-state index is 11.7. The van der Waals surface area contributed by atoms with E-state index in [0.29, 0.717) is 5.92 Å². The second kappa shape index (κ2) is 6.02. The molecule has 1 saturated heterocycles. The van der Waals surface area contributed by atoms with Crippen LogP contribution in [-0.4, -0.2) is 19.8 Å². The standard InChI is InChI=1S/C5H10FN.C2H6/c6-3-5-1-2-7-4-5;1-2/h5,7H,1-4H2;1-2H3. The van der Waals surface area contributed by atoms with Gasteiger partial charge in [-0.1, -0.05) is 13.8 Å². The molecule has 0 spiro atoms. The summed E-state index contributed by atoms with van der Waals surface area (Å²) in [5, 5.41) is 3.08. The third-order valence-corrected chi connectivity index (χ3v) is 1.38. The summed E-state index contributed by atoms with van der Waals surface area (Å²) in [6.07, 6.45) is 1.02. The molecule has 1 rings (SSSR count). The zero-order valence-corrected chi connectivity index (χ0v) is 6.28. The molecular weight excluding hydrogens is 117 g/mol. The molecule has 1 heterocycles. The van der Waals surface area contributed by atoms with E-state index in [4.69, 9.17) is 0 Å². The Balaban J connectivity index is 0.000000291. The highest BCUT2D eigenvalue weighted by Gasteiger charge is 2.12. The third kappa shape index (κ3) is 3.46. The van der Waals surface area contributed by atoms with Gasteiger partial charge >= 0.3 is 0 Å². The minimum atomic E-state index is -0.146. The van der Waals surface area contributed by atoms with Crippen molar-refractivity contribution in [2.45, 2.75) is 20.3 Å². The van der Waals surface area contributed by atoms with Crippen LogP contribution >= 0.6 is 0 Å². The maximum Gasteiger partial charge on any atom is 0.0935 e. The number of alkyl halides is 1. The summed E-state index contributed by atoms with van der Waals surface area (Å²) < 4.78 is 11.7. The molecule has 0 aromatic heterocycles. The number of nitrogens with one attached hydrogen (secondary N) is 1. The van der Waals surface area contributed by atoms with E-state index in [1.165, 1.54) is 0 Å². The molecule has 1 aliphatic rings. The predicted molar refractivity (Wildman–Crippen MR) is 38.3 cm³/mol. The Labute approximate surface area is 56.6 Å². The second-order valence-corrected chi connectivity index (χ2v) is 2.01. The van der Waals surface area contributed by atoms with Crippen LogP contribution in [-0.2, 0) is 0 Å². The van der Waals surface area contributed by atoms with Gasteiger partial charge in [0.1, 0.15) is 0 Å². The number of hydrogen-bond donors (Lipinski definition) is 1. The molecule has 1 atom stereocenters. The smallest absolute Gasteiger partial charge is 0.0935 e. The van der Waals surface area contributed by atoms with Crippen LogP contribution in [0.3, 0.4) is 0 Å². The van der Waals surface area contributed by atoms with Gasteiger partial charge in [-0.15, -0.1) is 0 Å². The first-order valence-corrected chi connectivity index (χ1v) is 3.70. The van der Waals surface area contributed by atoms with Crippen LogP contribution in [0.4, 0.5) is 4.39 Å². The van der Waals surface area contributed by atoms with Crippen molar-refractivity contribution < 1.29 is 4.39 Å². The lowest BCUT2D eigenvalue weighted by Crippen LogP contribution is -2.09. The lowest BCUT2D eigenvalue weighted by molar-refractivity contribution is 0.382. The van der Waals surface area contributed by atoms with Crippen molar-refractivity contribution in [3.05, 3.63) is 0 Å². The van der Waals surface area contributed by atoms with Crippen molar-refractivity contribution in [1.29, 1.82) is 0 Å². The van der Waals surface area contributed by atoms with Gasteiger partial charge in [0.25, 0.3) is 0 Å². The first-order chi connectivity index (χ1) is 4.43. The average Bonchev–Trinajstić information content (AvgIpc) is 2.43. The lowest BCUT2D eigenvalue weighted by atomic mass is 10.1. The van der Waals surface area contributed by atoms with E-state index in [1.54, 1.807) is 0 Å². The predicted octanol–water partition coefficient (Wildman–Crippen LogP) is 1.59. The van der Waals surface area contributed by atoms with Crippen molar-refractivity contribution in [2.75, 3.05) is 19.8 Å². The Morgan fingerprint density at radius 2 is 2.22 bits per heavy atom. The van der Waals surface area contributed by atoms with Crippen LogP contribution in [0.1, 0.15) is 20.3 Å². The average molecular weight is 133 g/mol.